The van der Waals surface area contributed by atoms with E-state index in [9.17, 15) is 9.59 Å². The lowest BCUT2D eigenvalue weighted by molar-refractivity contribution is -0.123. The second-order valence-electron chi connectivity index (χ2n) is 6.25. The van der Waals surface area contributed by atoms with Crippen molar-refractivity contribution in [2.24, 2.45) is 0 Å². The molecule has 1 amide bonds. The van der Waals surface area contributed by atoms with Crippen LogP contribution < -0.4 is 24.3 Å². The summed E-state index contributed by atoms with van der Waals surface area (Å²) in [4.78, 5) is 25.1. The molecule has 162 valence electrons. The molecule has 0 radical (unpaired) electrons. The SMILES string of the molecule is COc1cc(Cl)c(C)cc1NC(=O)C(C)OC(=O)c1cc(OC)c(OC)c(OC)c1. The van der Waals surface area contributed by atoms with E-state index in [2.05, 4.69) is 5.32 Å². The van der Waals surface area contributed by atoms with Gasteiger partial charge in [0, 0.05) is 11.1 Å². The van der Waals surface area contributed by atoms with E-state index in [-0.39, 0.29) is 5.56 Å². The summed E-state index contributed by atoms with van der Waals surface area (Å²) in [6, 6.07) is 6.16. The van der Waals surface area contributed by atoms with Crippen LogP contribution in [0.4, 0.5) is 5.69 Å². The number of carbonyl (C=O) groups excluding carboxylic acids is 2. The molecule has 0 aromatic heterocycles. The highest BCUT2D eigenvalue weighted by atomic mass is 35.5. The van der Waals surface area contributed by atoms with E-state index in [4.69, 9.17) is 35.3 Å². The fraction of sp³-hybridized carbons (Fsp3) is 0.333. The summed E-state index contributed by atoms with van der Waals surface area (Å²) in [6.45, 7) is 3.26. The van der Waals surface area contributed by atoms with Crippen molar-refractivity contribution >= 4 is 29.2 Å². The highest BCUT2D eigenvalue weighted by Gasteiger charge is 2.23. The number of esters is 1. The van der Waals surface area contributed by atoms with Gasteiger partial charge in [-0.15, -0.1) is 0 Å². The predicted octanol–water partition coefficient (Wildman–Crippen LogP) is 3.87. The van der Waals surface area contributed by atoms with E-state index in [0.29, 0.717) is 33.7 Å². The number of amides is 1. The zero-order chi connectivity index (χ0) is 22.4. The van der Waals surface area contributed by atoms with Crippen molar-refractivity contribution in [3.05, 3.63) is 40.4 Å². The average Bonchev–Trinajstić information content (AvgIpc) is 2.74. The minimum atomic E-state index is -1.09. The van der Waals surface area contributed by atoms with Crippen molar-refractivity contribution in [1.82, 2.24) is 0 Å². The number of ether oxygens (including phenoxy) is 5. The van der Waals surface area contributed by atoms with Crippen molar-refractivity contribution < 1.29 is 33.3 Å². The van der Waals surface area contributed by atoms with E-state index in [1.807, 2.05) is 0 Å². The van der Waals surface area contributed by atoms with Gasteiger partial charge in [-0.05, 0) is 37.6 Å². The topological polar surface area (TPSA) is 92.3 Å². The lowest BCUT2D eigenvalue weighted by Gasteiger charge is -2.17. The Morgan fingerprint density at radius 2 is 1.47 bits per heavy atom. The molecule has 0 aliphatic heterocycles. The Morgan fingerprint density at radius 3 is 1.97 bits per heavy atom. The summed E-state index contributed by atoms with van der Waals surface area (Å²) in [7, 11) is 5.79. The maximum atomic E-state index is 12.6. The average molecular weight is 438 g/mol. The van der Waals surface area contributed by atoms with E-state index < -0.39 is 18.0 Å². The van der Waals surface area contributed by atoms with Crippen molar-refractivity contribution in [3.8, 4) is 23.0 Å². The van der Waals surface area contributed by atoms with Crippen LogP contribution in [0.25, 0.3) is 0 Å². The van der Waals surface area contributed by atoms with Gasteiger partial charge < -0.3 is 29.0 Å². The fourth-order valence-electron chi connectivity index (χ4n) is 2.65. The predicted molar refractivity (Wildman–Crippen MR) is 112 cm³/mol. The third kappa shape index (κ3) is 5.07. The summed E-state index contributed by atoms with van der Waals surface area (Å²) < 4.78 is 26.2. The van der Waals surface area contributed by atoms with Crippen molar-refractivity contribution in [1.29, 1.82) is 0 Å². The number of halogens is 1. The summed E-state index contributed by atoms with van der Waals surface area (Å²) in [5.74, 6) is 0.0613. The molecular formula is C21H24ClNO7. The van der Waals surface area contributed by atoms with Crippen LogP contribution in [0, 0.1) is 6.92 Å². The first-order valence-corrected chi connectivity index (χ1v) is 9.29. The van der Waals surface area contributed by atoms with Gasteiger partial charge in [0.15, 0.2) is 17.6 Å². The number of hydrogen-bond acceptors (Lipinski definition) is 7. The fourth-order valence-corrected chi connectivity index (χ4v) is 2.80. The molecule has 0 heterocycles. The number of carbonyl (C=O) groups is 2. The number of rotatable bonds is 8. The van der Waals surface area contributed by atoms with Crippen molar-refractivity contribution in [3.63, 3.8) is 0 Å². The molecule has 9 heteroatoms. The maximum absolute atomic E-state index is 12.6. The Balaban J connectivity index is 2.18. The summed E-state index contributed by atoms with van der Waals surface area (Å²) in [6.07, 6.45) is -1.09. The Hall–Kier alpha value is -3.13. The number of anilines is 1. The van der Waals surface area contributed by atoms with Gasteiger partial charge in [0.05, 0.1) is 39.7 Å². The van der Waals surface area contributed by atoms with Gasteiger partial charge in [-0.25, -0.2) is 4.79 Å². The van der Waals surface area contributed by atoms with Gasteiger partial charge in [0.2, 0.25) is 5.75 Å². The third-order valence-corrected chi connectivity index (χ3v) is 4.70. The van der Waals surface area contributed by atoms with Crippen LogP contribution in [0.2, 0.25) is 5.02 Å². The standard InChI is InChI=1S/C21H24ClNO7/c1-11-7-15(16(26-3)10-14(11)22)23-20(24)12(2)30-21(25)13-8-17(27-4)19(29-6)18(9-13)28-5/h7-10,12H,1-6H3,(H,23,24). The van der Waals surface area contributed by atoms with Gasteiger partial charge in [-0.1, -0.05) is 11.6 Å². The molecule has 8 nitrogen and oxygen atoms in total. The van der Waals surface area contributed by atoms with Gasteiger partial charge >= 0.3 is 5.97 Å². The number of nitrogens with one attached hydrogen (secondary N) is 1. The summed E-state index contributed by atoms with van der Waals surface area (Å²) >= 11 is 6.08. The van der Waals surface area contributed by atoms with Gasteiger partial charge in [-0.2, -0.15) is 0 Å². The molecule has 30 heavy (non-hydrogen) atoms. The van der Waals surface area contributed by atoms with Gasteiger partial charge in [0.1, 0.15) is 5.75 Å². The van der Waals surface area contributed by atoms with Crippen molar-refractivity contribution in [2.45, 2.75) is 20.0 Å². The second-order valence-corrected chi connectivity index (χ2v) is 6.66. The molecule has 2 aromatic carbocycles. The Bertz CT molecular complexity index is 920. The van der Waals surface area contributed by atoms with E-state index in [0.717, 1.165) is 5.56 Å². The molecule has 0 fully saturated rings. The molecule has 0 spiro atoms. The number of methoxy groups -OCH3 is 4. The lowest BCUT2D eigenvalue weighted by atomic mass is 10.1. The molecule has 1 atom stereocenters. The maximum Gasteiger partial charge on any atom is 0.339 e. The molecule has 0 saturated carbocycles. The lowest BCUT2D eigenvalue weighted by Crippen LogP contribution is -2.30. The van der Waals surface area contributed by atoms with Crippen LogP contribution in [0.3, 0.4) is 0 Å². The first kappa shape index (κ1) is 23.2. The van der Waals surface area contributed by atoms with Crippen molar-refractivity contribution in [2.75, 3.05) is 33.8 Å². The molecule has 0 saturated heterocycles. The van der Waals surface area contributed by atoms with Gasteiger partial charge in [0.25, 0.3) is 5.91 Å². The Kier molecular flexibility index (Phi) is 7.77. The highest BCUT2D eigenvalue weighted by molar-refractivity contribution is 6.31. The normalized spacial score (nSPS) is 11.3. The first-order chi connectivity index (χ1) is 14.2. The molecule has 0 aliphatic rings. The number of hydrogen-bond donors (Lipinski definition) is 1. The molecule has 1 N–H and O–H groups in total. The monoisotopic (exact) mass is 437 g/mol. The zero-order valence-electron chi connectivity index (χ0n) is 17.6. The zero-order valence-corrected chi connectivity index (χ0v) is 18.4. The molecule has 2 aromatic rings. The molecule has 2 rings (SSSR count). The van der Waals surface area contributed by atoms with Crippen LogP contribution in [0.1, 0.15) is 22.8 Å². The molecule has 0 aliphatic carbocycles. The second kappa shape index (κ2) is 10.1. The quantitative estimate of drug-likeness (QED) is 0.626. The largest absolute Gasteiger partial charge is 0.495 e. The smallest absolute Gasteiger partial charge is 0.339 e. The highest BCUT2D eigenvalue weighted by Crippen LogP contribution is 2.38. The van der Waals surface area contributed by atoms with E-state index in [1.165, 1.54) is 47.5 Å². The first-order valence-electron chi connectivity index (χ1n) is 8.91. The van der Waals surface area contributed by atoms with E-state index >= 15 is 0 Å². The Labute approximate surface area is 180 Å². The van der Waals surface area contributed by atoms with Crippen LogP contribution in [0.5, 0.6) is 23.0 Å². The van der Waals surface area contributed by atoms with E-state index in [1.54, 1.807) is 19.1 Å². The molecule has 1 unspecified atom stereocenters. The van der Waals surface area contributed by atoms with Crippen LogP contribution in [0.15, 0.2) is 24.3 Å². The minimum absolute atomic E-state index is 0.143. The molecular weight excluding hydrogens is 414 g/mol. The minimum Gasteiger partial charge on any atom is -0.495 e. The van der Waals surface area contributed by atoms with Crippen LogP contribution >= 0.6 is 11.6 Å². The van der Waals surface area contributed by atoms with Gasteiger partial charge in [-0.3, -0.25) is 4.79 Å². The van der Waals surface area contributed by atoms with Crippen LogP contribution in [-0.4, -0.2) is 46.4 Å². The summed E-state index contributed by atoms with van der Waals surface area (Å²) in [5.41, 5.74) is 1.32. The van der Waals surface area contributed by atoms with Crippen LogP contribution in [-0.2, 0) is 9.53 Å². The summed E-state index contributed by atoms with van der Waals surface area (Å²) in [5, 5.41) is 3.19. The third-order valence-electron chi connectivity index (χ3n) is 4.29. The number of benzene rings is 2. The number of aryl methyl sites for hydroxylation is 1. The Morgan fingerprint density at radius 1 is 0.900 bits per heavy atom. The molecule has 0 bridgehead atoms.